The Balaban J connectivity index is 3.70. The van der Waals surface area contributed by atoms with Crippen LogP contribution >= 0.6 is 0 Å². The summed E-state index contributed by atoms with van der Waals surface area (Å²) in [4.78, 5) is 23.9. The Hall–Kier alpha value is -0.940. The van der Waals surface area contributed by atoms with E-state index in [0.29, 0.717) is 0 Å². The van der Waals surface area contributed by atoms with Crippen molar-refractivity contribution < 1.29 is 24.5 Å². The number of carbonyl (C=O) groups is 2. The van der Waals surface area contributed by atoms with Gasteiger partial charge in [-0.2, -0.15) is 0 Å². The van der Waals surface area contributed by atoms with E-state index < -0.39 is 24.8 Å². The normalized spacial score (nSPS) is 13.2. The van der Waals surface area contributed by atoms with E-state index in [1.54, 1.807) is 0 Å². The molecule has 0 heterocycles. The highest BCUT2D eigenvalue weighted by molar-refractivity contribution is 5.83. The molecule has 2 unspecified atom stereocenters. The fourth-order valence-corrected chi connectivity index (χ4v) is 3.62. The van der Waals surface area contributed by atoms with Gasteiger partial charge in [-0.1, -0.05) is 104 Å². The Morgan fingerprint density at radius 3 is 1.53 bits per heavy atom. The molecule has 0 aromatic heterocycles. The number of aliphatic hydroxyl groups is 2. The number of hydrogen-bond donors (Lipinski definition) is 2. The van der Waals surface area contributed by atoms with Crippen LogP contribution in [0.25, 0.3) is 0 Å². The second kappa shape index (κ2) is 21.3. The van der Waals surface area contributed by atoms with Gasteiger partial charge in [0.2, 0.25) is 0 Å². The van der Waals surface area contributed by atoms with Gasteiger partial charge in [-0.3, -0.25) is 9.59 Å². The largest absolute Gasteiger partial charge is 0.457 e. The molecular weight excluding hydrogens is 380 g/mol. The molecule has 5 heteroatoms. The zero-order valence-electron chi connectivity index (χ0n) is 19.7. The van der Waals surface area contributed by atoms with E-state index in [-0.39, 0.29) is 18.6 Å². The topological polar surface area (TPSA) is 83.8 Å². The van der Waals surface area contributed by atoms with Crippen LogP contribution in [-0.2, 0) is 14.3 Å². The number of rotatable bonds is 22. The van der Waals surface area contributed by atoms with Gasteiger partial charge in [0, 0.05) is 12.8 Å². The standard InChI is InChI=1S/C25H48O5/c1-3-5-7-8-9-10-11-12-13-14-15-16-18-19-22(27)25(29)23(21-26)30-24(28)20-17-6-4-2/h23,25-26,29H,3-21H2,1-2H3. The predicted octanol–water partition coefficient (Wildman–Crippen LogP) is 5.88. The summed E-state index contributed by atoms with van der Waals surface area (Å²) in [5.41, 5.74) is 0. The molecule has 0 aromatic rings. The molecule has 0 aliphatic rings. The van der Waals surface area contributed by atoms with Crippen molar-refractivity contribution in [3.63, 3.8) is 0 Å². The Labute approximate surface area is 185 Å². The maximum absolute atomic E-state index is 12.1. The van der Waals surface area contributed by atoms with Crippen molar-refractivity contribution in [3.05, 3.63) is 0 Å². The zero-order chi connectivity index (χ0) is 22.5. The average Bonchev–Trinajstić information content (AvgIpc) is 2.74. The maximum Gasteiger partial charge on any atom is 0.306 e. The van der Waals surface area contributed by atoms with Crippen molar-refractivity contribution in [2.45, 2.75) is 142 Å². The fourth-order valence-electron chi connectivity index (χ4n) is 3.62. The number of hydrogen-bond acceptors (Lipinski definition) is 5. The van der Waals surface area contributed by atoms with Crippen LogP contribution in [0.4, 0.5) is 0 Å². The number of carbonyl (C=O) groups excluding carboxylic acids is 2. The molecule has 0 fully saturated rings. The summed E-state index contributed by atoms with van der Waals surface area (Å²) in [5.74, 6) is -0.811. The van der Waals surface area contributed by atoms with E-state index in [4.69, 9.17) is 4.74 Å². The lowest BCUT2D eigenvalue weighted by molar-refractivity contribution is -0.161. The van der Waals surface area contributed by atoms with E-state index >= 15 is 0 Å². The molecule has 5 nitrogen and oxygen atoms in total. The molecule has 0 saturated carbocycles. The quantitative estimate of drug-likeness (QED) is 0.166. The summed E-state index contributed by atoms with van der Waals surface area (Å²) in [6, 6.07) is 0. The van der Waals surface area contributed by atoms with Crippen molar-refractivity contribution in [1.29, 1.82) is 0 Å². The third-order valence-electron chi connectivity index (χ3n) is 5.66. The van der Waals surface area contributed by atoms with Gasteiger partial charge in [-0.25, -0.2) is 0 Å². The maximum atomic E-state index is 12.1. The van der Waals surface area contributed by atoms with E-state index in [1.807, 2.05) is 6.92 Å². The summed E-state index contributed by atoms with van der Waals surface area (Å²) < 4.78 is 5.09. The average molecular weight is 429 g/mol. The Morgan fingerprint density at radius 1 is 0.667 bits per heavy atom. The smallest absolute Gasteiger partial charge is 0.306 e. The summed E-state index contributed by atoms with van der Waals surface area (Å²) in [6.07, 6.45) is 16.6. The van der Waals surface area contributed by atoms with Gasteiger partial charge >= 0.3 is 5.97 Å². The number of Topliss-reactive ketones (excluding diaryl/α,β-unsaturated/α-hetero) is 1. The molecule has 0 spiro atoms. The third kappa shape index (κ3) is 16.8. The Kier molecular flexibility index (Phi) is 20.6. The van der Waals surface area contributed by atoms with Gasteiger partial charge in [-0.05, 0) is 12.8 Å². The highest BCUT2D eigenvalue weighted by Crippen LogP contribution is 2.14. The van der Waals surface area contributed by atoms with Gasteiger partial charge in [0.05, 0.1) is 6.61 Å². The Morgan fingerprint density at radius 2 is 1.07 bits per heavy atom. The molecule has 2 atom stereocenters. The van der Waals surface area contributed by atoms with Gasteiger partial charge in [-0.15, -0.1) is 0 Å². The van der Waals surface area contributed by atoms with Gasteiger partial charge in [0.25, 0.3) is 0 Å². The van der Waals surface area contributed by atoms with E-state index in [1.165, 1.54) is 64.2 Å². The molecule has 0 radical (unpaired) electrons. The minimum atomic E-state index is -1.43. The number of ether oxygens (including phenoxy) is 1. The summed E-state index contributed by atoms with van der Waals surface area (Å²) in [5, 5.41) is 19.5. The van der Waals surface area contributed by atoms with Crippen LogP contribution in [0.2, 0.25) is 0 Å². The summed E-state index contributed by atoms with van der Waals surface area (Å²) >= 11 is 0. The molecule has 2 N–H and O–H groups in total. The van der Waals surface area contributed by atoms with Crippen LogP contribution in [0.5, 0.6) is 0 Å². The first-order chi connectivity index (χ1) is 14.6. The molecular formula is C25H48O5. The lowest BCUT2D eigenvalue weighted by Crippen LogP contribution is -2.40. The number of ketones is 1. The van der Waals surface area contributed by atoms with E-state index in [9.17, 15) is 19.8 Å². The SMILES string of the molecule is CCCCCCCCCCCCCCCC(=O)C(O)C(CO)OC(=O)CCCCC. The van der Waals surface area contributed by atoms with Crippen LogP contribution in [-0.4, -0.2) is 40.8 Å². The van der Waals surface area contributed by atoms with Crippen molar-refractivity contribution >= 4 is 11.8 Å². The minimum Gasteiger partial charge on any atom is -0.457 e. The molecule has 0 aliphatic carbocycles. The highest BCUT2D eigenvalue weighted by atomic mass is 16.6. The first-order valence-corrected chi connectivity index (χ1v) is 12.6. The van der Waals surface area contributed by atoms with Gasteiger partial charge < -0.3 is 14.9 Å². The van der Waals surface area contributed by atoms with E-state index in [0.717, 1.165) is 38.5 Å². The van der Waals surface area contributed by atoms with Crippen LogP contribution in [0.15, 0.2) is 0 Å². The molecule has 0 amide bonds. The third-order valence-corrected chi connectivity index (χ3v) is 5.66. The highest BCUT2D eigenvalue weighted by Gasteiger charge is 2.28. The first-order valence-electron chi connectivity index (χ1n) is 12.6. The molecule has 0 rings (SSSR count). The molecule has 0 bridgehead atoms. The van der Waals surface area contributed by atoms with E-state index in [2.05, 4.69) is 6.92 Å². The number of aliphatic hydroxyl groups excluding tert-OH is 2. The number of unbranched alkanes of at least 4 members (excludes halogenated alkanes) is 14. The van der Waals surface area contributed by atoms with Crippen molar-refractivity contribution in [3.8, 4) is 0 Å². The fraction of sp³-hybridized carbons (Fsp3) is 0.920. The summed E-state index contributed by atoms with van der Waals surface area (Å²) in [7, 11) is 0. The molecule has 30 heavy (non-hydrogen) atoms. The van der Waals surface area contributed by atoms with Gasteiger partial charge in [0.1, 0.15) is 0 Å². The number of esters is 1. The van der Waals surface area contributed by atoms with Crippen molar-refractivity contribution in [2.75, 3.05) is 6.61 Å². The predicted molar refractivity (Wildman–Crippen MR) is 122 cm³/mol. The molecule has 0 aliphatic heterocycles. The zero-order valence-corrected chi connectivity index (χ0v) is 19.7. The van der Waals surface area contributed by atoms with Crippen LogP contribution < -0.4 is 0 Å². The van der Waals surface area contributed by atoms with Crippen molar-refractivity contribution in [2.24, 2.45) is 0 Å². The van der Waals surface area contributed by atoms with Crippen LogP contribution in [0.3, 0.4) is 0 Å². The Bertz CT molecular complexity index is 410. The van der Waals surface area contributed by atoms with Gasteiger partial charge in [0.15, 0.2) is 18.0 Å². The second-order valence-electron chi connectivity index (χ2n) is 8.57. The van der Waals surface area contributed by atoms with Crippen molar-refractivity contribution in [1.82, 2.24) is 0 Å². The molecule has 0 aromatic carbocycles. The van der Waals surface area contributed by atoms with Crippen LogP contribution in [0, 0.1) is 0 Å². The molecule has 178 valence electrons. The molecule has 0 saturated heterocycles. The van der Waals surface area contributed by atoms with Crippen LogP contribution in [0.1, 0.15) is 129 Å². The minimum absolute atomic E-state index is 0.254. The lowest BCUT2D eigenvalue weighted by Gasteiger charge is -2.20. The second-order valence-corrected chi connectivity index (χ2v) is 8.57. The first kappa shape index (κ1) is 29.1. The monoisotopic (exact) mass is 428 g/mol. The summed E-state index contributed by atoms with van der Waals surface area (Å²) in [6.45, 7) is 3.75. The lowest BCUT2D eigenvalue weighted by atomic mass is 10.0.